The molecule has 168 valence electrons. The van der Waals surface area contributed by atoms with Gasteiger partial charge in [-0.3, -0.25) is 15.1 Å². The Labute approximate surface area is 191 Å². The van der Waals surface area contributed by atoms with Crippen molar-refractivity contribution in [3.8, 4) is 5.75 Å². The number of carbonyl (C=O) groups excluding carboxylic acids is 2. The highest BCUT2D eigenvalue weighted by atomic mass is 16.6. The molecule has 8 heteroatoms. The van der Waals surface area contributed by atoms with Crippen LogP contribution in [0.5, 0.6) is 5.75 Å². The zero-order valence-corrected chi connectivity index (χ0v) is 18.1. The van der Waals surface area contributed by atoms with Gasteiger partial charge in [-0.2, -0.15) is 0 Å². The van der Waals surface area contributed by atoms with Crippen LogP contribution in [0.25, 0.3) is 0 Å². The highest BCUT2D eigenvalue weighted by Crippen LogP contribution is 2.23. The molecule has 3 aromatic carbocycles. The second kappa shape index (κ2) is 9.44. The highest BCUT2D eigenvalue weighted by Gasteiger charge is 2.32. The molecule has 3 aromatic rings. The number of rotatable bonds is 7. The van der Waals surface area contributed by atoms with Gasteiger partial charge in [0.25, 0.3) is 5.91 Å². The number of ether oxygens (including phenoxy) is 2. The molecular weight excluding hydrogens is 420 g/mol. The van der Waals surface area contributed by atoms with E-state index in [4.69, 9.17) is 20.6 Å². The maximum absolute atomic E-state index is 12.6. The molecule has 2 amide bonds. The van der Waals surface area contributed by atoms with Crippen LogP contribution in [-0.2, 0) is 4.74 Å². The minimum Gasteiger partial charge on any atom is -0.490 e. The number of nitrogens with zero attached hydrogens (tertiary/aromatic N) is 1. The Bertz CT molecular complexity index is 1180. The van der Waals surface area contributed by atoms with Gasteiger partial charge in [0.1, 0.15) is 18.2 Å². The van der Waals surface area contributed by atoms with Crippen molar-refractivity contribution in [2.75, 3.05) is 23.4 Å². The molecule has 1 heterocycles. The summed E-state index contributed by atoms with van der Waals surface area (Å²) in [7, 11) is 0. The first kappa shape index (κ1) is 21.9. The molecule has 1 fully saturated rings. The number of carbonyl (C=O) groups is 2. The van der Waals surface area contributed by atoms with Crippen molar-refractivity contribution < 1.29 is 19.1 Å². The van der Waals surface area contributed by atoms with E-state index in [9.17, 15) is 9.59 Å². The number of cyclic esters (lactones) is 1. The van der Waals surface area contributed by atoms with Crippen LogP contribution in [0.4, 0.5) is 16.2 Å². The maximum atomic E-state index is 12.6. The molecule has 4 N–H and O–H groups in total. The van der Waals surface area contributed by atoms with E-state index in [0.717, 1.165) is 5.56 Å². The normalized spacial score (nSPS) is 15.1. The Balaban J connectivity index is 1.34. The molecule has 0 radical (unpaired) electrons. The van der Waals surface area contributed by atoms with Gasteiger partial charge in [0.2, 0.25) is 0 Å². The molecule has 1 atom stereocenters. The standard InChI is InChI=1S/C25H24N4O4/c1-16-5-9-19(10-6-16)28-24(30)18-3-2-4-21(13-18)32-15-22-14-29(25(31)33-22)20-11-7-17(8-12-20)23(26)27/h2-13,22H,14-15H2,1H3,(H3,26,27)(H,28,30). The molecule has 1 aliphatic rings. The van der Waals surface area contributed by atoms with Crippen molar-refractivity contribution in [2.45, 2.75) is 13.0 Å². The number of aryl methyl sites for hydroxylation is 1. The summed E-state index contributed by atoms with van der Waals surface area (Å²) in [6, 6.07) is 21.2. The summed E-state index contributed by atoms with van der Waals surface area (Å²) in [4.78, 5) is 26.3. The third-order valence-electron chi connectivity index (χ3n) is 5.21. The van der Waals surface area contributed by atoms with Crippen LogP contribution in [0.2, 0.25) is 0 Å². The summed E-state index contributed by atoms with van der Waals surface area (Å²) in [6.07, 6.45) is -0.930. The summed E-state index contributed by atoms with van der Waals surface area (Å²) in [6.45, 7) is 2.46. The summed E-state index contributed by atoms with van der Waals surface area (Å²) in [5, 5.41) is 10.3. The van der Waals surface area contributed by atoms with E-state index in [-0.39, 0.29) is 18.3 Å². The molecular formula is C25H24N4O4. The molecule has 1 saturated heterocycles. The van der Waals surface area contributed by atoms with Gasteiger partial charge in [-0.25, -0.2) is 4.79 Å². The molecule has 4 rings (SSSR count). The van der Waals surface area contributed by atoms with Gasteiger partial charge in [0.05, 0.1) is 6.54 Å². The van der Waals surface area contributed by atoms with Gasteiger partial charge in [-0.1, -0.05) is 23.8 Å². The summed E-state index contributed by atoms with van der Waals surface area (Å²) in [5.74, 6) is 0.232. The van der Waals surface area contributed by atoms with E-state index in [1.54, 1.807) is 48.5 Å². The lowest BCUT2D eigenvalue weighted by atomic mass is 10.2. The van der Waals surface area contributed by atoms with Gasteiger partial charge < -0.3 is 20.5 Å². The number of nitrogen functional groups attached to an aromatic ring is 1. The monoisotopic (exact) mass is 444 g/mol. The van der Waals surface area contributed by atoms with E-state index in [1.807, 2.05) is 31.2 Å². The molecule has 8 nitrogen and oxygen atoms in total. The minimum absolute atomic E-state index is 0.0356. The number of hydrogen-bond acceptors (Lipinski definition) is 5. The first-order chi connectivity index (χ1) is 15.9. The lowest BCUT2D eigenvalue weighted by molar-refractivity contribution is 0.102. The number of amides is 2. The van der Waals surface area contributed by atoms with Gasteiger partial charge in [-0.15, -0.1) is 0 Å². The van der Waals surface area contributed by atoms with Crippen LogP contribution in [0.1, 0.15) is 21.5 Å². The van der Waals surface area contributed by atoms with Crippen LogP contribution in [0.15, 0.2) is 72.8 Å². The SMILES string of the molecule is Cc1ccc(NC(=O)c2cccc(OCC3CN(c4ccc(C(=N)N)cc4)C(=O)O3)c2)cc1. The first-order valence-corrected chi connectivity index (χ1v) is 10.4. The van der Waals surface area contributed by atoms with Crippen molar-refractivity contribution in [3.05, 3.63) is 89.5 Å². The Hall–Kier alpha value is -4.33. The van der Waals surface area contributed by atoms with Crippen molar-refractivity contribution in [3.63, 3.8) is 0 Å². The average molecular weight is 444 g/mol. The fourth-order valence-electron chi connectivity index (χ4n) is 3.40. The zero-order chi connectivity index (χ0) is 23.4. The zero-order valence-electron chi connectivity index (χ0n) is 18.1. The Morgan fingerprint density at radius 1 is 1.12 bits per heavy atom. The van der Waals surface area contributed by atoms with Gasteiger partial charge in [0.15, 0.2) is 6.10 Å². The number of anilines is 2. The Kier molecular flexibility index (Phi) is 6.26. The number of nitrogens with one attached hydrogen (secondary N) is 2. The Morgan fingerprint density at radius 3 is 2.55 bits per heavy atom. The molecule has 0 spiro atoms. The molecule has 33 heavy (non-hydrogen) atoms. The smallest absolute Gasteiger partial charge is 0.414 e. The maximum Gasteiger partial charge on any atom is 0.414 e. The van der Waals surface area contributed by atoms with Gasteiger partial charge >= 0.3 is 6.09 Å². The first-order valence-electron chi connectivity index (χ1n) is 10.4. The number of hydrogen-bond donors (Lipinski definition) is 3. The van der Waals surface area contributed by atoms with E-state index in [0.29, 0.717) is 34.8 Å². The van der Waals surface area contributed by atoms with Gasteiger partial charge in [-0.05, 0) is 61.5 Å². The third kappa shape index (κ3) is 5.30. The fourth-order valence-corrected chi connectivity index (χ4v) is 3.40. The summed E-state index contributed by atoms with van der Waals surface area (Å²) < 4.78 is 11.2. The topological polar surface area (TPSA) is 118 Å². The van der Waals surface area contributed by atoms with E-state index in [2.05, 4.69) is 5.32 Å². The Morgan fingerprint density at radius 2 is 1.85 bits per heavy atom. The van der Waals surface area contributed by atoms with Crippen LogP contribution in [-0.4, -0.2) is 37.1 Å². The predicted molar refractivity (Wildman–Crippen MR) is 126 cm³/mol. The van der Waals surface area contributed by atoms with Crippen LogP contribution in [0.3, 0.4) is 0 Å². The van der Waals surface area contributed by atoms with Crippen molar-refractivity contribution in [1.29, 1.82) is 5.41 Å². The lowest BCUT2D eigenvalue weighted by Gasteiger charge is -2.14. The summed E-state index contributed by atoms with van der Waals surface area (Å²) in [5.41, 5.74) is 9.00. The quantitative estimate of drug-likeness (QED) is 0.377. The van der Waals surface area contributed by atoms with E-state index < -0.39 is 12.2 Å². The molecule has 0 bridgehead atoms. The van der Waals surface area contributed by atoms with E-state index >= 15 is 0 Å². The van der Waals surface area contributed by atoms with Crippen molar-refractivity contribution >= 4 is 29.2 Å². The van der Waals surface area contributed by atoms with Crippen LogP contribution < -0.4 is 20.7 Å². The number of amidine groups is 1. The van der Waals surface area contributed by atoms with Crippen molar-refractivity contribution in [1.82, 2.24) is 0 Å². The van der Waals surface area contributed by atoms with Crippen LogP contribution >= 0.6 is 0 Å². The molecule has 0 aromatic heterocycles. The molecule has 0 saturated carbocycles. The summed E-state index contributed by atoms with van der Waals surface area (Å²) >= 11 is 0. The predicted octanol–water partition coefficient (Wildman–Crippen LogP) is 3.94. The lowest BCUT2D eigenvalue weighted by Crippen LogP contribution is -2.26. The van der Waals surface area contributed by atoms with E-state index in [1.165, 1.54) is 4.90 Å². The fraction of sp³-hybridized carbons (Fsp3) is 0.160. The van der Waals surface area contributed by atoms with Gasteiger partial charge in [0, 0.05) is 22.5 Å². The molecule has 0 aliphatic carbocycles. The minimum atomic E-state index is -0.467. The van der Waals surface area contributed by atoms with Crippen LogP contribution in [0, 0.1) is 12.3 Å². The third-order valence-corrected chi connectivity index (χ3v) is 5.21. The highest BCUT2D eigenvalue weighted by molar-refractivity contribution is 6.04. The molecule has 1 unspecified atom stereocenters. The number of nitrogens with two attached hydrogens (primary N) is 1. The van der Waals surface area contributed by atoms with Crippen molar-refractivity contribution in [2.24, 2.45) is 5.73 Å². The second-order valence-corrected chi connectivity index (χ2v) is 7.74. The molecule has 1 aliphatic heterocycles. The second-order valence-electron chi connectivity index (χ2n) is 7.74. The average Bonchev–Trinajstić information content (AvgIpc) is 3.20. The number of benzene rings is 3. The largest absolute Gasteiger partial charge is 0.490 e.